The number of fused-ring (bicyclic) bond motifs is 1. The summed E-state index contributed by atoms with van der Waals surface area (Å²) >= 11 is 0. The number of hydrogen-bond donors (Lipinski definition) is 1. The molecule has 1 atom stereocenters. The van der Waals surface area contributed by atoms with Gasteiger partial charge in [0.2, 0.25) is 0 Å². The average Bonchev–Trinajstić information content (AvgIpc) is 2.90. The van der Waals surface area contributed by atoms with Crippen molar-refractivity contribution in [2.24, 2.45) is 5.73 Å². The van der Waals surface area contributed by atoms with E-state index in [1.54, 1.807) is 18.3 Å². The van der Waals surface area contributed by atoms with Gasteiger partial charge in [-0.3, -0.25) is 4.98 Å². The molecule has 0 fully saturated rings. The van der Waals surface area contributed by atoms with Crippen LogP contribution in [0.4, 0.5) is 9.18 Å². The van der Waals surface area contributed by atoms with E-state index >= 15 is 0 Å². The van der Waals surface area contributed by atoms with Crippen LogP contribution < -0.4 is 5.73 Å². The highest BCUT2D eigenvalue weighted by Crippen LogP contribution is 2.39. The van der Waals surface area contributed by atoms with Gasteiger partial charge in [-0.2, -0.15) is 0 Å². The Hall–Kier alpha value is -2.89. The van der Waals surface area contributed by atoms with Gasteiger partial charge in [-0.05, 0) is 75.9 Å². The van der Waals surface area contributed by atoms with Crippen LogP contribution in [0.3, 0.4) is 0 Å². The number of primary amides is 1. The molecule has 3 rings (SSSR count). The SMILES string of the molecule is CCn1c(C)c(C)c2nccc(C(Cc3ccc(F)cc3)C(C)(C)OC(N)=O)c21. The van der Waals surface area contributed by atoms with Crippen LogP contribution in [0, 0.1) is 19.7 Å². The minimum Gasteiger partial charge on any atom is -0.443 e. The summed E-state index contributed by atoms with van der Waals surface area (Å²) in [5, 5.41) is 0. The van der Waals surface area contributed by atoms with Crippen molar-refractivity contribution in [1.29, 1.82) is 0 Å². The Morgan fingerprint density at radius 2 is 1.90 bits per heavy atom. The van der Waals surface area contributed by atoms with Crippen molar-refractivity contribution in [2.75, 3.05) is 0 Å². The molecule has 0 aliphatic heterocycles. The lowest BCUT2D eigenvalue weighted by Crippen LogP contribution is -2.38. The highest BCUT2D eigenvalue weighted by atomic mass is 19.1. The van der Waals surface area contributed by atoms with Gasteiger partial charge in [-0.15, -0.1) is 0 Å². The number of carbonyl (C=O) groups is 1. The largest absolute Gasteiger partial charge is 0.443 e. The van der Waals surface area contributed by atoms with Gasteiger partial charge in [0.25, 0.3) is 0 Å². The van der Waals surface area contributed by atoms with E-state index in [1.807, 2.05) is 19.9 Å². The van der Waals surface area contributed by atoms with Crippen molar-refractivity contribution in [2.45, 2.75) is 59.1 Å². The van der Waals surface area contributed by atoms with Gasteiger partial charge in [0.15, 0.2) is 0 Å². The van der Waals surface area contributed by atoms with E-state index in [1.165, 1.54) is 12.1 Å². The minimum absolute atomic E-state index is 0.204. The van der Waals surface area contributed by atoms with Gasteiger partial charge in [0.1, 0.15) is 11.4 Å². The monoisotopic (exact) mass is 397 g/mol. The summed E-state index contributed by atoms with van der Waals surface area (Å²) < 4.78 is 21.2. The fraction of sp³-hybridized carbons (Fsp3) is 0.391. The molecule has 6 heteroatoms. The number of hydrogen-bond acceptors (Lipinski definition) is 3. The molecule has 0 aliphatic carbocycles. The van der Waals surface area contributed by atoms with E-state index < -0.39 is 11.7 Å². The molecular weight excluding hydrogens is 369 g/mol. The molecule has 3 aromatic rings. The third-order valence-electron chi connectivity index (χ3n) is 5.78. The van der Waals surface area contributed by atoms with Crippen molar-refractivity contribution in [1.82, 2.24) is 9.55 Å². The number of benzene rings is 1. The fourth-order valence-corrected chi connectivity index (χ4v) is 4.16. The Labute approximate surface area is 170 Å². The minimum atomic E-state index is -0.876. The highest BCUT2D eigenvalue weighted by molar-refractivity contribution is 5.85. The van der Waals surface area contributed by atoms with Gasteiger partial charge in [-0.25, -0.2) is 9.18 Å². The predicted molar refractivity (Wildman–Crippen MR) is 112 cm³/mol. The lowest BCUT2D eigenvalue weighted by atomic mass is 9.79. The first-order chi connectivity index (χ1) is 13.7. The van der Waals surface area contributed by atoms with E-state index in [0.717, 1.165) is 40.0 Å². The van der Waals surface area contributed by atoms with Crippen LogP contribution in [-0.2, 0) is 17.7 Å². The smallest absolute Gasteiger partial charge is 0.405 e. The normalized spacial score (nSPS) is 12.9. The summed E-state index contributed by atoms with van der Waals surface area (Å²) in [6.45, 7) is 10.8. The number of aryl methyl sites for hydroxylation is 2. The number of rotatable bonds is 6. The van der Waals surface area contributed by atoms with Crippen molar-refractivity contribution >= 4 is 17.1 Å². The van der Waals surface area contributed by atoms with Crippen LogP contribution in [-0.4, -0.2) is 21.2 Å². The van der Waals surface area contributed by atoms with Crippen molar-refractivity contribution in [3.05, 3.63) is 64.7 Å². The number of amides is 1. The molecule has 2 heterocycles. The third-order valence-corrected chi connectivity index (χ3v) is 5.78. The predicted octanol–water partition coefficient (Wildman–Crippen LogP) is 5.01. The van der Waals surface area contributed by atoms with Gasteiger partial charge >= 0.3 is 6.09 Å². The number of aromatic nitrogens is 2. The standard InChI is InChI=1S/C23H28FN3O2/c1-6-27-15(3)14(2)20-21(27)18(11-12-26-20)19(23(4,5)29-22(25)28)13-16-7-9-17(24)10-8-16/h7-12,19H,6,13H2,1-5H3,(H2,25,28). The maximum absolute atomic E-state index is 13.4. The molecule has 5 nitrogen and oxygen atoms in total. The summed E-state index contributed by atoms with van der Waals surface area (Å²) in [6, 6.07) is 8.39. The molecule has 2 aromatic heterocycles. The van der Waals surface area contributed by atoms with E-state index in [2.05, 4.69) is 30.3 Å². The number of halogens is 1. The van der Waals surface area contributed by atoms with Gasteiger partial charge in [0.05, 0.1) is 11.0 Å². The Balaban J connectivity index is 2.22. The van der Waals surface area contributed by atoms with Crippen LogP contribution in [0.25, 0.3) is 11.0 Å². The first-order valence-electron chi connectivity index (χ1n) is 9.82. The Kier molecular flexibility index (Phi) is 5.64. The van der Waals surface area contributed by atoms with Gasteiger partial charge in [0, 0.05) is 24.4 Å². The topological polar surface area (TPSA) is 70.1 Å². The first-order valence-corrected chi connectivity index (χ1v) is 9.82. The summed E-state index contributed by atoms with van der Waals surface area (Å²) in [5.74, 6) is -0.486. The van der Waals surface area contributed by atoms with Crippen LogP contribution >= 0.6 is 0 Å². The second-order valence-electron chi connectivity index (χ2n) is 7.96. The lowest BCUT2D eigenvalue weighted by molar-refractivity contribution is 0.0239. The summed E-state index contributed by atoms with van der Waals surface area (Å²) in [5.41, 5.74) is 10.8. The Morgan fingerprint density at radius 3 is 2.48 bits per heavy atom. The molecule has 0 spiro atoms. The van der Waals surface area contributed by atoms with Gasteiger partial charge in [-0.1, -0.05) is 12.1 Å². The molecule has 0 bridgehead atoms. The molecule has 154 valence electrons. The zero-order chi connectivity index (χ0) is 21.3. The van der Waals surface area contributed by atoms with Crippen LogP contribution in [0.1, 0.15) is 49.1 Å². The molecule has 1 amide bonds. The van der Waals surface area contributed by atoms with Crippen molar-refractivity contribution in [3.63, 3.8) is 0 Å². The first kappa shape index (κ1) is 20.8. The van der Waals surface area contributed by atoms with Crippen LogP contribution in [0.2, 0.25) is 0 Å². The molecule has 1 aromatic carbocycles. The summed E-state index contributed by atoms with van der Waals surface area (Å²) in [4.78, 5) is 16.2. The summed E-state index contributed by atoms with van der Waals surface area (Å²) in [7, 11) is 0. The Bertz CT molecular complexity index is 1040. The van der Waals surface area contributed by atoms with Crippen molar-refractivity contribution in [3.8, 4) is 0 Å². The van der Waals surface area contributed by atoms with E-state index in [9.17, 15) is 9.18 Å². The maximum atomic E-state index is 13.4. The van der Waals surface area contributed by atoms with Crippen molar-refractivity contribution < 1.29 is 13.9 Å². The second kappa shape index (κ2) is 7.85. The number of ether oxygens (including phenoxy) is 1. The molecular formula is C23H28FN3O2. The lowest BCUT2D eigenvalue weighted by Gasteiger charge is -2.34. The molecule has 0 saturated heterocycles. The maximum Gasteiger partial charge on any atom is 0.405 e. The summed E-state index contributed by atoms with van der Waals surface area (Å²) in [6.07, 6.45) is 1.54. The molecule has 0 aliphatic rings. The molecule has 0 radical (unpaired) electrons. The molecule has 1 unspecified atom stereocenters. The average molecular weight is 397 g/mol. The van der Waals surface area contributed by atoms with Crippen LogP contribution in [0.5, 0.6) is 0 Å². The molecule has 0 saturated carbocycles. The van der Waals surface area contributed by atoms with E-state index in [-0.39, 0.29) is 11.7 Å². The van der Waals surface area contributed by atoms with Crippen LogP contribution in [0.15, 0.2) is 36.5 Å². The quantitative estimate of drug-likeness (QED) is 0.635. The Morgan fingerprint density at radius 1 is 1.24 bits per heavy atom. The van der Waals surface area contributed by atoms with E-state index in [4.69, 9.17) is 10.5 Å². The number of pyridine rings is 1. The second-order valence-corrected chi connectivity index (χ2v) is 7.96. The van der Waals surface area contributed by atoms with Gasteiger partial charge < -0.3 is 15.0 Å². The highest BCUT2D eigenvalue weighted by Gasteiger charge is 2.36. The number of nitrogens with two attached hydrogens (primary N) is 1. The third kappa shape index (κ3) is 3.97. The molecule has 29 heavy (non-hydrogen) atoms. The number of carbonyl (C=O) groups excluding carboxylic acids is 1. The fourth-order valence-electron chi connectivity index (χ4n) is 4.16. The zero-order valence-corrected chi connectivity index (χ0v) is 17.6. The zero-order valence-electron chi connectivity index (χ0n) is 17.6. The number of nitrogens with zero attached hydrogens (tertiary/aromatic N) is 2. The van der Waals surface area contributed by atoms with E-state index in [0.29, 0.717) is 6.42 Å². The molecule has 2 N–H and O–H groups in total.